The fourth-order valence-electron chi connectivity index (χ4n) is 4.27. The Hall–Kier alpha value is -1.53. The van der Waals surface area contributed by atoms with Gasteiger partial charge in [-0.2, -0.15) is 0 Å². The number of nitrogens with one attached hydrogen (secondary N) is 1. The van der Waals surface area contributed by atoms with Gasteiger partial charge in [-0.05, 0) is 39.1 Å². The zero-order chi connectivity index (χ0) is 22.4. The molecular weight excluding hydrogens is 529 g/mol. The van der Waals surface area contributed by atoms with E-state index >= 15 is 0 Å². The molecule has 32 heavy (non-hydrogen) atoms. The van der Waals surface area contributed by atoms with Gasteiger partial charge < -0.3 is 20.0 Å². The summed E-state index contributed by atoms with van der Waals surface area (Å²) in [7, 11) is 5.31. The quantitative estimate of drug-likeness (QED) is 0.326. The Labute approximate surface area is 206 Å². The van der Waals surface area contributed by atoms with Crippen molar-refractivity contribution in [2.24, 2.45) is 4.99 Å². The molecule has 2 heterocycles. The van der Waals surface area contributed by atoms with Crippen molar-refractivity contribution >= 4 is 35.8 Å². The normalized spacial score (nSPS) is 18.6. The molecule has 2 saturated heterocycles. The molecule has 1 aromatic carbocycles. The molecule has 3 rings (SSSR count). The van der Waals surface area contributed by atoms with E-state index in [1.54, 1.807) is 26.0 Å². The number of hydrogen-bond donors (Lipinski definition) is 1. The number of carbonyl (C=O) groups is 1. The van der Waals surface area contributed by atoms with Gasteiger partial charge in [0.2, 0.25) is 5.91 Å². The smallest absolute Gasteiger partial charge is 0.236 e. The molecule has 2 aliphatic rings. The largest absolute Gasteiger partial charge is 0.354 e. The van der Waals surface area contributed by atoms with E-state index in [1.165, 1.54) is 18.2 Å². The van der Waals surface area contributed by atoms with Crippen molar-refractivity contribution in [2.75, 3.05) is 73.5 Å². The van der Waals surface area contributed by atoms with Crippen molar-refractivity contribution in [3.05, 3.63) is 35.4 Å². The standard InChI is InChI=1S/C22H34F2N6O.HI/c1-25-22(26-15-19(27(2)3)21-17(23)7-6-8-18(21)24)30-13-11-28(12-14-30)16-20(31)29-9-4-5-10-29;/h6-8,19H,4-5,9-16H2,1-3H3,(H,25,26);1H. The second-order valence-corrected chi connectivity index (χ2v) is 8.39. The number of likely N-dealkylation sites (N-methyl/N-ethyl adjacent to an activating group) is 1. The van der Waals surface area contributed by atoms with Gasteiger partial charge in [-0.15, -0.1) is 24.0 Å². The predicted octanol–water partition coefficient (Wildman–Crippen LogP) is 2.00. The lowest BCUT2D eigenvalue weighted by atomic mass is 10.0. The SMILES string of the molecule is CN=C(NCC(c1c(F)cccc1F)N(C)C)N1CCN(CC(=O)N2CCCC2)CC1.I. The zero-order valence-electron chi connectivity index (χ0n) is 19.2. The molecule has 0 bridgehead atoms. The number of benzene rings is 1. The molecule has 0 radical (unpaired) electrons. The zero-order valence-corrected chi connectivity index (χ0v) is 21.5. The van der Waals surface area contributed by atoms with Gasteiger partial charge in [-0.25, -0.2) is 8.78 Å². The van der Waals surface area contributed by atoms with Crippen molar-refractivity contribution in [2.45, 2.75) is 18.9 Å². The van der Waals surface area contributed by atoms with Gasteiger partial charge in [-0.3, -0.25) is 14.7 Å². The van der Waals surface area contributed by atoms with Crippen LogP contribution in [0.3, 0.4) is 0 Å². The van der Waals surface area contributed by atoms with Crippen LogP contribution in [0, 0.1) is 11.6 Å². The maximum atomic E-state index is 14.3. The van der Waals surface area contributed by atoms with Gasteiger partial charge in [0.15, 0.2) is 5.96 Å². The molecule has 0 aliphatic carbocycles. The number of likely N-dealkylation sites (tertiary alicyclic amines) is 1. The highest BCUT2D eigenvalue weighted by atomic mass is 127. The molecule has 0 saturated carbocycles. The lowest BCUT2D eigenvalue weighted by Gasteiger charge is -2.37. The fourth-order valence-corrected chi connectivity index (χ4v) is 4.27. The summed E-state index contributed by atoms with van der Waals surface area (Å²) in [6.45, 7) is 5.59. The highest BCUT2D eigenvalue weighted by molar-refractivity contribution is 14.0. The minimum Gasteiger partial charge on any atom is -0.354 e. The number of amides is 1. The van der Waals surface area contributed by atoms with Crippen LogP contribution in [0.4, 0.5) is 8.78 Å². The summed E-state index contributed by atoms with van der Waals surface area (Å²) in [5.41, 5.74) is 0.0562. The minimum atomic E-state index is -0.549. The van der Waals surface area contributed by atoms with Gasteiger partial charge >= 0.3 is 0 Å². The van der Waals surface area contributed by atoms with Crippen molar-refractivity contribution in [3.8, 4) is 0 Å². The number of rotatable bonds is 6. The molecule has 0 aromatic heterocycles. The molecule has 2 aliphatic heterocycles. The monoisotopic (exact) mass is 564 g/mol. The number of nitrogens with zero attached hydrogens (tertiary/aromatic N) is 5. The number of halogens is 3. The first-order chi connectivity index (χ1) is 14.9. The van der Waals surface area contributed by atoms with Crippen LogP contribution in [0.1, 0.15) is 24.4 Å². The van der Waals surface area contributed by atoms with E-state index in [0.717, 1.165) is 52.1 Å². The fraction of sp³-hybridized carbons (Fsp3) is 0.636. The number of hydrogen-bond acceptors (Lipinski definition) is 4. The van der Waals surface area contributed by atoms with Gasteiger partial charge in [0.05, 0.1) is 12.6 Å². The van der Waals surface area contributed by atoms with Gasteiger partial charge in [0, 0.05) is 58.4 Å². The summed E-state index contributed by atoms with van der Waals surface area (Å²) in [6, 6.07) is 3.47. The molecule has 1 aromatic rings. The Bertz CT molecular complexity index is 759. The maximum Gasteiger partial charge on any atom is 0.236 e. The molecule has 0 spiro atoms. The lowest BCUT2D eigenvalue weighted by Crippen LogP contribution is -2.54. The molecule has 1 amide bonds. The van der Waals surface area contributed by atoms with E-state index in [4.69, 9.17) is 0 Å². The van der Waals surface area contributed by atoms with E-state index in [9.17, 15) is 13.6 Å². The Kier molecular flexibility index (Phi) is 10.6. The van der Waals surface area contributed by atoms with Crippen LogP contribution in [-0.2, 0) is 4.79 Å². The Morgan fingerprint density at radius 3 is 2.19 bits per heavy atom. The van der Waals surface area contributed by atoms with Crippen LogP contribution in [0.5, 0.6) is 0 Å². The molecule has 7 nitrogen and oxygen atoms in total. The highest BCUT2D eigenvalue weighted by Crippen LogP contribution is 2.24. The molecular formula is C22H35F2IN6O. The first-order valence-corrected chi connectivity index (χ1v) is 11.0. The molecule has 2 fully saturated rings. The summed E-state index contributed by atoms with van der Waals surface area (Å²) in [5.74, 6) is -0.179. The topological polar surface area (TPSA) is 54.4 Å². The summed E-state index contributed by atoms with van der Waals surface area (Å²) in [5, 5.41) is 3.28. The predicted molar refractivity (Wildman–Crippen MR) is 133 cm³/mol. The second kappa shape index (κ2) is 12.6. The van der Waals surface area contributed by atoms with E-state index in [1.807, 2.05) is 4.90 Å². The van der Waals surface area contributed by atoms with Gasteiger partial charge in [-0.1, -0.05) is 6.07 Å². The van der Waals surface area contributed by atoms with E-state index in [2.05, 4.69) is 20.1 Å². The molecule has 10 heteroatoms. The molecule has 180 valence electrons. The van der Waals surface area contributed by atoms with Crippen molar-refractivity contribution in [3.63, 3.8) is 0 Å². The third-order valence-electron chi connectivity index (χ3n) is 6.11. The number of guanidine groups is 1. The van der Waals surface area contributed by atoms with E-state index in [0.29, 0.717) is 19.0 Å². The van der Waals surface area contributed by atoms with Gasteiger partial charge in [0.1, 0.15) is 11.6 Å². The van der Waals surface area contributed by atoms with Gasteiger partial charge in [0.25, 0.3) is 0 Å². The van der Waals surface area contributed by atoms with Crippen LogP contribution >= 0.6 is 24.0 Å². The van der Waals surface area contributed by atoms with Crippen LogP contribution in [0.15, 0.2) is 23.2 Å². The average molecular weight is 564 g/mol. The summed E-state index contributed by atoms with van der Waals surface area (Å²) < 4.78 is 28.6. The maximum absolute atomic E-state index is 14.3. The van der Waals surface area contributed by atoms with E-state index in [-0.39, 0.29) is 35.4 Å². The summed E-state index contributed by atoms with van der Waals surface area (Å²) in [6.07, 6.45) is 2.21. The second-order valence-electron chi connectivity index (χ2n) is 8.39. The van der Waals surface area contributed by atoms with Crippen molar-refractivity contribution < 1.29 is 13.6 Å². The third kappa shape index (κ3) is 6.74. The van der Waals surface area contributed by atoms with Crippen LogP contribution in [0.2, 0.25) is 0 Å². The van der Waals surface area contributed by atoms with Crippen LogP contribution in [0.25, 0.3) is 0 Å². The number of piperazine rings is 1. The third-order valence-corrected chi connectivity index (χ3v) is 6.11. The van der Waals surface area contributed by atoms with Crippen LogP contribution < -0.4 is 5.32 Å². The number of aliphatic imine (C=N–C) groups is 1. The number of carbonyl (C=O) groups excluding carboxylic acids is 1. The minimum absolute atomic E-state index is 0. The first kappa shape index (κ1) is 26.7. The lowest BCUT2D eigenvalue weighted by molar-refractivity contribution is -0.131. The Morgan fingerprint density at radius 2 is 1.66 bits per heavy atom. The van der Waals surface area contributed by atoms with Crippen LogP contribution in [-0.4, -0.2) is 105 Å². The summed E-state index contributed by atoms with van der Waals surface area (Å²) in [4.78, 5) is 24.8. The van der Waals surface area contributed by atoms with E-state index < -0.39 is 17.7 Å². The Morgan fingerprint density at radius 1 is 1.06 bits per heavy atom. The summed E-state index contributed by atoms with van der Waals surface area (Å²) >= 11 is 0. The highest BCUT2D eigenvalue weighted by Gasteiger charge is 2.26. The van der Waals surface area contributed by atoms with Crippen molar-refractivity contribution in [1.82, 2.24) is 24.9 Å². The van der Waals surface area contributed by atoms with Crippen molar-refractivity contribution in [1.29, 1.82) is 0 Å². The average Bonchev–Trinajstić information content (AvgIpc) is 3.28. The molecule has 1 atom stereocenters. The molecule has 1 unspecified atom stereocenters. The Balaban J connectivity index is 0.00000363. The molecule has 1 N–H and O–H groups in total. The first-order valence-electron chi connectivity index (χ1n) is 11.0.